The molecule has 0 saturated carbocycles. The van der Waals surface area contributed by atoms with Gasteiger partial charge in [-0.25, -0.2) is 9.97 Å². The summed E-state index contributed by atoms with van der Waals surface area (Å²) in [6, 6.07) is 0. The molecule has 4 nitrogen and oxygen atoms in total. The van der Waals surface area contributed by atoms with Crippen LogP contribution in [0.3, 0.4) is 0 Å². The second-order valence-corrected chi connectivity index (χ2v) is 3.73. The largest absolute Gasteiger partial charge is 0.486 e. The number of ether oxygens (including phenoxy) is 1. The highest BCUT2D eigenvalue weighted by atomic mass is 16.5. The van der Waals surface area contributed by atoms with E-state index in [1.165, 1.54) is 19.3 Å². The Labute approximate surface area is 90.1 Å². The molecule has 0 bridgehead atoms. The molecule has 0 fully saturated rings. The standard InChI is InChI=1S/C11H17N3O/c1-2-3-4-5-9-10-11(14-8-13-9)12-6-7-15-10/h8H,2-7H2,1H3,(H,12,13,14). The molecule has 1 aromatic heterocycles. The summed E-state index contributed by atoms with van der Waals surface area (Å²) in [5.41, 5.74) is 1.04. The van der Waals surface area contributed by atoms with E-state index in [4.69, 9.17) is 4.74 Å². The molecule has 0 radical (unpaired) electrons. The van der Waals surface area contributed by atoms with Gasteiger partial charge in [-0.3, -0.25) is 0 Å². The van der Waals surface area contributed by atoms with Gasteiger partial charge in [-0.05, 0) is 12.8 Å². The van der Waals surface area contributed by atoms with Gasteiger partial charge < -0.3 is 10.1 Å². The van der Waals surface area contributed by atoms with Crippen LogP contribution in [0.2, 0.25) is 0 Å². The molecule has 0 unspecified atom stereocenters. The van der Waals surface area contributed by atoms with Crippen molar-refractivity contribution in [2.24, 2.45) is 0 Å². The molecule has 1 aliphatic heterocycles. The zero-order valence-electron chi connectivity index (χ0n) is 9.12. The Morgan fingerprint density at radius 1 is 1.40 bits per heavy atom. The minimum absolute atomic E-state index is 0.709. The van der Waals surface area contributed by atoms with E-state index in [0.29, 0.717) is 6.61 Å². The number of unbranched alkanes of at least 4 members (excludes halogenated alkanes) is 2. The second kappa shape index (κ2) is 4.96. The lowest BCUT2D eigenvalue weighted by molar-refractivity contribution is 0.315. The highest BCUT2D eigenvalue weighted by Gasteiger charge is 2.15. The summed E-state index contributed by atoms with van der Waals surface area (Å²) in [6.07, 6.45) is 6.24. The second-order valence-electron chi connectivity index (χ2n) is 3.73. The first kappa shape index (κ1) is 10.2. The predicted molar refractivity (Wildman–Crippen MR) is 59.2 cm³/mol. The number of nitrogens with zero attached hydrogens (tertiary/aromatic N) is 2. The zero-order chi connectivity index (χ0) is 10.5. The number of anilines is 1. The maximum absolute atomic E-state index is 5.60. The maximum atomic E-state index is 5.60. The molecule has 0 spiro atoms. The molecule has 1 aliphatic rings. The summed E-state index contributed by atoms with van der Waals surface area (Å²) >= 11 is 0. The van der Waals surface area contributed by atoms with Gasteiger partial charge in [-0.2, -0.15) is 0 Å². The Kier molecular flexibility index (Phi) is 3.37. The highest BCUT2D eigenvalue weighted by Crippen LogP contribution is 2.28. The number of hydrogen-bond acceptors (Lipinski definition) is 4. The quantitative estimate of drug-likeness (QED) is 0.767. The molecule has 0 aromatic carbocycles. The third kappa shape index (κ3) is 2.37. The van der Waals surface area contributed by atoms with Gasteiger partial charge in [0.1, 0.15) is 12.9 Å². The van der Waals surface area contributed by atoms with Crippen molar-refractivity contribution in [3.8, 4) is 5.75 Å². The minimum atomic E-state index is 0.709. The first-order valence-corrected chi connectivity index (χ1v) is 5.62. The van der Waals surface area contributed by atoms with E-state index < -0.39 is 0 Å². The van der Waals surface area contributed by atoms with Crippen molar-refractivity contribution in [1.29, 1.82) is 0 Å². The van der Waals surface area contributed by atoms with Crippen molar-refractivity contribution in [2.75, 3.05) is 18.5 Å². The highest BCUT2D eigenvalue weighted by molar-refractivity contribution is 5.53. The van der Waals surface area contributed by atoms with Crippen LogP contribution in [-0.4, -0.2) is 23.1 Å². The Morgan fingerprint density at radius 3 is 3.20 bits per heavy atom. The summed E-state index contributed by atoms with van der Waals surface area (Å²) in [5.74, 6) is 1.71. The summed E-state index contributed by atoms with van der Waals surface area (Å²) in [6.45, 7) is 3.74. The van der Waals surface area contributed by atoms with Crippen LogP contribution in [-0.2, 0) is 6.42 Å². The van der Waals surface area contributed by atoms with Crippen molar-refractivity contribution < 1.29 is 4.74 Å². The van der Waals surface area contributed by atoms with Gasteiger partial charge in [0.2, 0.25) is 0 Å². The van der Waals surface area contributed by atoms with Gasteiger partial charge in [0.25, 0.3) is 0 Å². The number of hydrogen-bond donors (Lipinski definition) is 1. The van der Waals surface area contributed by atoms with Crippen LogP contribution in [0.4, 0.5) is 5.82 Å². The summed E-state index contributed by atoms with van der Waals surface area (Å²) < 4.78 is 5.60. The fourth-order valence-electron chi connectivity index (χ4n) is 1.73. The fraction of sp³-hybridized carbons (Fsp3) is 0.636. The topological polar surface area (TPSA) is 47.0 Å². The average molecular weight is 207 g/mol. The predicted octanol–water partition coefficient (Wildman–Crippen LogP) is 2.01. The van der Waals surface area contributed by atoms with Crippen molar-refractivity contribution >= 4 is 5.82 Å². The lowest BCUT2D eigenvalue weighted by atomic mass is 10.1. The lowest BCUT2D eigenvalue weighted by Crippen LogP contribution is -2.20. The van der Waals surface area contributed by atoms with E-state index in [2.05, 4.69) is 22.2 Å². The average Bonchev–Trinajstić information content (AvgIpc) is 2.30. The van der Waals surface area contributed by atoms with Crippen molar-refractivity contribution in [2.45, 2.75) is 32.6 Å². The van der Waals surface area contributed by atoms with Gasteiger partial charge in [0, 0.05) is 0 Å². The molecule has 2 rings (SSSR count). The number of nitrogens with one attached hydrogen (secondary N) is 1. The fourth-order valence-corrected chi connectivity index (χ4v) is 1.73. The van der Waals surface area contributed by atoms with E-state index in [0.717, 1.165) is 30.2 Å². The Morgan fingerprint density at radius 2 is 2.33 bits per heavy atom. The van der Waals surface area contributed by atoms with E-state index in [-0.39, 0.29) is 0 Å². The molecule has 1 N–H and O–H groups in total. The molecule has 15 heavy (non-hydrogen) atoms. The number of fused-ring (bicyclic) bond motifs is 1. The summed E-state index contributed by atoms with van der Waals surface area (Å²) in [7, 11) is 0. The van der Waals surface area contributed by atoms with Gasteiger partial charge in [0.05, 0.1) is 12.2 Å². The Bertz CT molecular complexity index is 328. The van der Waals surface area contributed by atoms with E-state index in [1.807, 2.05) is 0 Å². The molecule has 82 valence electrons. The molecule has 0 atom stereocenters. The molecule has 4 heteroatoms. The molecule has 0 amide bonds. The molecular formula is C11H17N3O. The van der Waals surface area contributed by atoms with E-state index in [9.17, 15) is 0 Å². The third-order valence-corrected chi connectivity index (χ3v) is 2.54. The first-order valence-electron chi connectivity index (χ1n) is 5.62. The van der Waals surface area contributed by atoms with Gasteiger partial charge in [-0.15, -0.1) is 0 Å². The minimum Gasteiger partial charge on any atom is -0.486 e. The molecule has 0 aliphatic carbocycles. The first-order chi connectivity index (χ1) is 7.42. The number of aryl methyl sites for hydroxylation is 1. The van der Waals surface area contributed by atoms with Gasteiger partial charge in [-0.1, -0.05) is 19.8 Å². The summed E-state index contributed by atoms with van der Waals surface area (Å²) in [5, 5.41) is 3.22. The van der Waals surface area contributed by atoms with Crippen LogP contribution < -0.4 is 10.1 Å². The van der Waals surface area contributed by atoms with Gasteiger partial charge >= 0.3 is 0 Å². The lowest BCUT2D eigenvalue weighted by Gasteiger charge is -2.19. The van der Waals surface area contributed by atoms with Crippen LogP contribution in [0.5, 0.6) is 5.75 Å². The van der Waals surface area contributed by atoms with Crippen LogP contribution in [0.1, 0.15) is 31.9 Å². The third-order valence-electron chi connectivity index (χ3n) is 2.54. The smallest absolute Gasteiger partial charge is 0.183 e. The van der Waals surface area contributed by atoms with E-state index in [1.54, 1.807) is 6.33 Å². The van der Waals surface area contributed by atoms with Crippen molar-refractivity contribution in [1.82, 2.24) is 9.97 Å². The van der Waals surface area contributed by atoms with E-state index >= 15 is 0 Å². The van der Waals surface area contributed by atoms with Crippen molar-refractivity contribution in [3.63, 3.8) is 0 Å². The van der Waals surface area contributed by atoms with Crippen LogP contribution in [0.15, 0.2) is 6.33 Å². The Hall–Kier alpha value is -1.32. The molecule has 2 heterocycles. The molecule has 0 saturated heterocycles. The molecular weight excluding hydrogens is 190 g/mol. The number of aromatic nitrogens is 2. The van der Waals surface area contributed by atoms with Crippen LogP contribution in [0.25, 0.3) is 0 Å². The van der Waals surface area contributed by atoms with Crippen molar-refractivity contribution in [3.05, 3.63) is 12.0 Å². The maximum Gasteiger partial charge on any atom is 0.183 e. The normalized spacial score (nSPS) is 13.9. The Balaban J connectivity index is 2.09. The van der Waals surface area contributed by atoms with Crippen LogP contribution in [0, 0.1) is 0 Å². The molecule has 1 aromatic rings. The number of rotatable bonds is 4. The van der Waals surface area contributed by atoms with Gasteiger partial charge in [0.15, 0.2) is 11.6 Å². The monoisotopic (exact) mass is 207 g/mol. The van der Waals surface area contributed by atoms with Crippen LogP contribution >= 0.6 is 0 Å². The summed E-state index contributed by atoms with van der Waals surface area (Å²) in [4.78, 5) is 8.45. The SMILES string of the molecule is CCCCCc1ncnc2c1OCCN2. The zero-order valence-corrected chi connectivity index (χ0v) is 9.12.